The van der Waals surface area contributed by atoms with Crippen LogP contribution in [-0.2, 0) is 5.41 Å². The standard InChI is InChI=1S/C32H24/c1-23-21-22-29-31(30(23)24-13-5-2-6-14-24)27-19-11-12-20-28(27)32(29,25-15-7-3-8-16-25)26-17-9-4-10-18-26/h2-22H,1H3. The zero-order valence-electron chi connectivity index (χ0n) is 18.1. The first-order chi connectivity index (χ1) is 15.8. The normalized spacial score (nSPS) is 13.4. The Bertz CT molecular complexity index is 1360. The van der Waals surface area contributed by atoms with Gasteiger partial charge in [-0.05, 0) is 57.0 Å². The SMILES string of the molecule is Cc1ccc2c(c1-c1ccccc1)-c1ccccc1C2(c1ccccc1)c1ccccc1. The minimum Gasteiger partial charge on any atom is -0.0622 e. The van der Waals surface area contributed by atoms with Gasteiger partial charge in [-0.1, -0.05) is 127 Å². The molecule has 0 amide bonds. The number of aryl methyl sites for hydroxylation is 1. The highest BCUT2D eigenvalue weighted by atomic mass is 14.5. The smallest absolute Gasteiger partial charge is 0.0622 e. The molecule has 0 spiro atoms. The van der Waals surface area contributed by atoms with Crippen molar-refractivity contribution in [2.45, 2.75) is 12.3 Å². The molecule has 1 aliphatic rings. The summed E-state index contributed by atoms with van der Waals surface area (Å²) in [5.74, 6) is 0. The second kappa shape index (κ2) is 7.35. The molecule has 0 fully saturated rings. The fourth-order valence-corrected chi connectivity index (χ4v) is 5.61. The molecule has 0 nitrogen and oxygen atoms in total. The van der Waals surface area contributed by atoms with E-state index >= 15 is 0 Å². The van der Waals surface area contributed by atoms with Crippen LogP contribution >= 0.6 is 0 Å². The van der Waals surface area contributed by atoms with Gasteiger partial charge in [0.05, 0.1) is 5.41 Å². The summed E-state index contributed by atoms with van der Waals surface area (Å²) in [7, 11) is 0. The average molecular weight is 409 g/mol. The predicted molar refractivity (Wildman–Crippen MR) is 134 cm³/mol. The second-order valence-corrected chi connectivity index (χ2v) is 8.57. The summed E-state index contributed by atoms with van der Waals surface area (Å²) in [5.41, 5.74) is 11.6. The lowest BCUT2D eigenvalue weighted by Crippen LogP contribution is -2.28. The van der Waals surface area contributed by atoms with Crippen molar-refractivity contribution < 1.29 is 0 Å². The van der Waals surface area contributed by atoms with Gasteiger partial charge < -0.3 is 0 Å². The number of rotatable bonds is 3. The third-order valence-corrected chi connectivity index (χ3v) is 6.89. The molecular weight excluding hydrogens is 384 g/mol. The van der Waals surface area contributed by atoms with Gasteiger partial charge in [-0.15, -0.1) is 0 Å². The van der Waals surface area contributed by atoms with Crippen LogP contribution in [-0.4, -0.2) is 0 Å². The maximum atomic E-state index is 2.36. The van der Waals surface area contributed by atoms with Crippen molar-refractivity contribution in [3.05, 3.63) is 155 Å². The molecule has 0 unspecified atom stereocenters. The first-order valence-electron chi connectivity index (χ1n) is 11.2. The molecular formula is C32H24. The summed E-state index contributed by atoms with van der Waals surface area (Å²) in [6, 6.07) is 46.4. The molecule has 5 aromatic carbocycles. The van der Waals surface area contributed by atoms with Gasteiger partial charge in [0.1, 0.15) is 0 Å². The van der Waals surface area contributed by atoms with Crippen LogP contribution < -0.4 is 0 Å². The molecule has 152 valence electrons. The lowest BCUT2D eigenvalue weighted by molar-refractivity contribution is 0.768. The molecule has 0 N–H and O–H groups in total. The van der Waals surface area contributed by atoms with E-state index in [1.165, 1.54) is 50.1 Å². The minimum absolute atomic E-state index is 0.342. The largest absolute Gasteiger partial charge is 0.0713 e. The summed E-state index contributed by atoms with van der Waals surface area (Å²) in [4.78, 5) is 0. The number of hydrogen-bond donors (Lipinski definition) is 0. The predicted octanol–water partition coefficient (Wildman–Crippen LogP) is 8.03. The van der Waals surface area contributed by atoms with Gasteiger partial charge in [0.2, 0.25) is 0 Å². The average Bonchev–Trinajstić information content (AvgIpc) is 3.17. The molecule has 0 saturated heterocycles. The zero-order chi connectivity index (χ0) is 21.5. The first kappa shape index (κ1) is 18.8. The van der Waals surface area contributed by atoms with Crippen LogP contribution in [0.25, 0.3) is 22.3 Å². The fourth-order valence-electron chi connectivity index (χ4n) is 5.61. The Morgan fingerprint density at radius 3 is 1.59 bits per heavy atom. The molecule has 5 aromatic rings. The Hall–Kier alpha value is -3.90. The molecule has 0 bridgehead atoms. The number of fused-ring (bicyclic) bond motifs is 3. The van der Waals surface area contributed by atoms with E-state index < -0.39 is 0 Å². The Labute approximate surface area is 189 Å². The number of hydrogen-bond acceptors (Lipinski definition) is 0. The van der Waals surface area contributed by atoms with Gasteiger partial charge in [0.15, 0.2) is 0 Å². The molecule has 32 heavy (non-hydrogen) atoms. The monoisotopic (exact) mass is 408 g/mol. The first-order valence-corrected chi connectivity index (χ1v) is 11.2. The lowest BCUT2D eigenvalue weighted by Gasteiger charge is -2.34. The molecule has 0 heteroatoms. The summed E-state index contributed by atoms with van der Waals surface area (Å²) in [6.07, 6.45) is 0. The van der Waals surface area contributed by atoms with Gasteiger partial charge in [0.25, 0.3) is 0 Å². The summed E-state index contributed by atoms with van der Waals surface area (Å²) in [6.45, 7) is 2.23. The summed E-state index contributed by atoms with van der Waals surface area (Å²) >= 11 is 0. The highest BCUT2D eigenvalue weighted by Crippen LogP contribution is 2.58. The van der Waals surface area contributed by atoms with E-state index in [0.717, 1.165) is 0 Å². The topological polar surface area (TPSA) is 0 Å². The van der Waals surface area contributed by atoms with Crippen LogP contribution in [0.3, 0.4) is 0 Å². The van der Waals surface area contributed by atoms with Crippen molar-refractivity contribution in [2.75, 3.05) is 0 Å². The van der Waals surface area contributed by atoms with E-state index in [4.69, 9.17) is 0 Å². The van der Waals surface area contributed by atoms with Crippen LogP contribution in [0.2, 0.25) is 0 Å². The van der Waals surface area contributed by atoms with Gasteiger partial charge in [-0.3, -0.25) is 0 Å². The molecule has 0 radical (unpaired) electrons. The molecule has 0 atom stereocenters. The van der Waals surface area contributed by atoms with Gasteiger partial charge in [0, 0.05) is 0 Å². The van der Waals surface area contributed by atoms with E-state index in [2.05, 4.69) is 134 Å². The summed E-state index contributed by atoms with van der Waals surface area (Å²) < 4.78 is 0. The Morgan fingerprint density at radius 1 is 0.438 bits per heavy atom. The second-order valence-electron chi connectivity index (χ2n) is 8.57. The van der Waals surface area contributed by atoms with Gasteiger partial charge in [-0.25, -0.2) is 0 Å². The maximum absolute atomic E-state index is 2.36. The summed E-state index contributed by atoms with van der Waals surface area (Å²) in [5, 5.41) is 0. The maximum Gasteiger partial charge on any atom is 0.0713 e. The van der Waals surface area contributed by atoms with Crippen molar-refractivity contribution in [3.8, 4) is 22.3 Å². The van der Waals surface area contributed by atoms with Crippen molar-refractivity contribution in [3.63, 3.8) is 0 Å². The highest BCUT2D eigenvalue weighted by molar-refractivity contribution is 5.96. The van der Waals surface area contributed by atoms with Crippen LogP contribution in [0.5, 0.6) is 0 Å². The van der Waals surface area contributed by atoms with E-state index in [1.807, 2.05) is 0 Å². The van der Waals surface area contributed by atoms with Gasteiger partial charge >= 0.3 is 0 Å². The Kier molecular flexibility index (Phi) is 4.33. The van der Waals surface area contributed by atoms with Crippen molar-refractivity contribution in [2.24, 2.45) is 0 Å². The molecule has 0 heterocycles. The molecule has 6 rings (SSSR count). The number of benzene rings is 5. The third-order valence-electron chi connectivity index (χ3n) is 6.89. The van der Waals surface area contributed by atoms with E-state index in [9.17, 15) is 0 Å². The van der Waals surface area contributed by atoms with E-state index in [-0.39, 0.29) is 5.41 Å². The van der Waals surface area contributed by atoms with E-state index in [0.29, 0.717) is 0 Å². The van der Waals surface area contributed by atoms with Crippen LogP contribution in [0, 0.1) is 6.92 Å². The van der Waals surface area contributed by atoms with Crippen molar-refractivity contribution >= 4 is 0 Å². The molecule has 0 saturated carbocycles. The van der Waals surface area contributed by atoms with Crippen molar-refractivity contribution in [1.82, 2.24) is 0 Å². The molecule has 1 aliphatic carbocycles. The fraction of sp³-hybridized carbons (Fsp3) is 0.0625. The van der Waals surface area contributed by atoms with E-state index in [1.54, 1.807) is 0 Å². The minimum atomic E-state index is -0.342. The van der Waals surface area contributed by atoms with Crippen LogP contribution in [0.4, 0.5) is 0 Å². The zero-order valence-corrected chi connectivity index (χ0v) is 18.1. The Morgan fingerprint density at radius 2 is 0.969 bits per heavy atom. The highest BCUT2D eigenvalue weighted by Gasteiger charge is 2.46. The lowest BCUT2D eigenvalue weighted by atomic mass is 9.67. The van der Waals surface area contributed by atoms with Crippen LogP contribution in [0.15, 0.2) is 127 Å². The third kappa shape index (κ3) is 2.56. The van der Waals surface area contributed by atoms with Gasteiger partial charge in [-0.2, -0.15) is 0 Å². The van der Waals surface area contributed by atoms with Crippen molar-refractivity contribution in [1.29, 1.82) is 0 Å². The van der Waals surface area contributed by atoms with Crippen LogP contribution in [0.1, 0.15) is 27.8 Å². The quantitative estimate of drug-likeness (QED) is 0.278. The Balaban J connectivity index is 1.81. The molecule has 0 aliphatic heterocycles. The molecule has 0 aromatic heterocycles.